The highest BCUT2D eigenvalue weighted by Gasteiger charge is 2.15. The molecule has 0 saturated carbocycles. The molecule has 1 rings (SSSR count). The number of carbonyl (C=O) groups excluding carboxylic acids is 1. The Morgan fingerprint density at radius 2 is 2.24 bits per heavy atom. The summed E-state index contributed by atoms with van der Waals surface area (Å²) in [6, 6.07) is 2.68. The van der Waals surface area contributed by atoms with Gasteiger partial charge in [-0.2, -0.15) is 0 Å². The number of hydrogen-bond donors (Lipinski definition) is 0. The Hall–Kier alpha value is -0.970. The van der Waals surface area contributed by atoms with Crippen molar-refractivity contribution in [3.8, 4) is 0 Å². The first-order chi connectivity index (χ1) is 8.19. The maximum atomic E-state index is 12.7. The number of aromatic nitrogens is 1. The van der Waals surface area contributed by atoms with Gasteiger partial charge in [-0.3, -0.25) is 4.79 Å². The molecule has 0 fully saturated rings. The molecule has 0 aliphatic rings. The molecule has 17 heavy (non-hydrogen) atoms. The van der Waals surface area contributed by atoms with Crippen LogP contribution in [0, 0.1) is 5.82 Å². The van der Waals surface area contributed by atoms with Gasteiger partial charge in [-0.1, -0.05) is 29.3 Å². The zero-order valence-corrected chi connectivity index (χ0v) is 11.4. The zero-order chi connectivity index (χ0) is 12.7. The molecule has 0 spiro atoms. The standard InChI is InChI=1S/C12H16BrFN2O/c1-2-3-7-16(8-6-13)12(17)11-5-4-10(14)9-15-11/h4-5,9H,2-3,6-8H2,1H3. The first kappa shape index (κ1) is 14.1. The number of alkyl halides is 1. The van der Waals surface area contributed by atoms with Crippen molar-refractivity contribution in [2.75, 3.05) is 18.4 Å². The predicted molar refractivity (Wildman–Crippen MR) is 68.8 cm³/mol. The molecule has 0 aromatic carbocycles. The molecule has 0 aliphatic heterocycles. The van der Waals surface area contributed by atoms with E-state index in [4.69, 9.17) is 0 Å². The van der Waals surface area contributed by atoms with Crippen LogP contribution >= 0.6 is 15.9 Å². The van der Waals surface area contributed by atoms with Crippen LogP contribution in [0.2, 0.25) is 0 Å². The third-order valence-electron chi connectivity index (χ3n) is 2.37. The lowest BCUT2D eigenvalue weighted by Crippen LogP contribution is -2.34. The van der Waals surface area contributed by atoms with Gasteiger partial charge in [0.25, 0.3) is 5.91 Å². The predicted octanol–water partition coefficient (Wildman–Crippen LogP) is 2.86. The summed E-state index contributed by atoms with van der Waals surface area (Å²) in [5, 5.41) is 0.726. The van der Waals surface area contributed by atoms with E-state index < -0.39 is 5.82 Å². The Morgan fingerprint density at radius 1 is 1.47 bits per heavy atom. The summed E-state index contributed by atoms with van der Waals surface area (Å²) in [4.78, 5) is 17.6. The monoisotopic (exact) mass is 302 g/mol. The molecule has 1 aromatic rings. The highest BCUT2D eigenvalue weighted by molar-refractivity contribution is 9.09. The van der Waals surface area contributed by atoms with E-state index >= 15 is 0 Å². The first-order valence-corrected chi connectivity index (χ1v) is 6.78. The Morgan fingerprint density at radius 3 is 2.76 bits per heavy atom. The van der Waals surface area contributed by atoms with Crippen LogP contribution in [0.5, 0.6) is 0 Å². The van der Waals surface area contributed by atoms with E-state index in [2.05, 4.69) is 27.8 Å². The van der Waals surface area contributed by atoms with Crippen molar-refractivity contribution in [2.45, 2.75) is 19.8 Å². The van der Waals surface area contributed by atoms with Gasteiger partial charge in [-0.15, -0.1) is 0 Å². The molecular weight excluding hydrogens is 287 g/mol. The van der Waals surface area contributed by atoms with Crippen molar-refractivity contribution >= 4 is 21.8 Å². The fourth-order valence-corrected chi connectivity index (χ4v) is 1.86. The van der Waals surface area contributed by atoms with Gasteiger partial charge >= 0.3 is 0 Å². The van der Waals surface area contributed by atoms with Crippen LogP contribution < -0.4 is 0 Å². The van der Waals surface area contributed by atoms with E-state index in [0.717, 1.165) is 24.4 Å². The van der Waals surface area contributed by atoms with Crippen LogP contribution in [0.4, 0.5) is 4.39 Å². The van der Waals surface area contributed by atoms with Crippen LogP contribution in [0.1, 0.15) is 30.3 Å². The van der Waals surface area contributed by atoms with Crippen LogP contribution in [-0.4, -0.2) is 34.2 Å². The van der Waals surface area contributed by atoms with Crippen LogP contribution in [-0.2, 0) is 0 Å². The number of hydrogen-bond acceptors (Lipinski definition) is 2. The van der Waals surface area contributed by atoms with E-state index in [0.29, 0.717) is 18.8 Å². The van der Waals surface area contributed by atoms with Crippen LogP contribution in [0.3, 0.4) is 0 Å². The summed E-state index contributed by atoms with van der Waals surface area (Å²) in [5.74, 6) is -0.569. The minimum atomic E-state index is -0.429. The van der Waals surface area contributed by atoms with Crippen molar-refractivity contribution in [3.05, 3.63) is 29.8 Å². The van der Waals surface area contributed by atoms with E-state index in [9.17, 15) is 9.18 Å². The lowest BCUT2D eigenvalue weighted by molar-refractivity contribution is 0.0758. The second-order valence-corrected chi connectivity index (χ2v) is 4.49. The van der Waals surface area contributed by atoms with Gasteiger partial charge in [0.15, 0.2) is 0 Å². The molecule has 1 heterocycles. The fourth-order valence-electron chi connectivity index (χ4n) is 1.43. The van der Waals surface area contributed by atoms with Gasteiger partial charge in [-0.05, 0) is 18.6 Å². The van der Waals surface area contributed by atoms with Crippen molar-refractivity contribution in [1.29, 1.82) is 0 Å². The van der Waals surface area contributed by atoms with Crippen molar-refractivity contribution < 1.29 is 9.18 Å². The number of nitrogens with zero attached hydrogens (tertiary/aromatic N) is 2. The Labute approximate surface area is 109 Å². The summed E-state index contributed by atoms with van der Waals surface area (Å²) in [6.07, 6.45) is 3.06. The molecule has 5 heteroatoms. The molecule has 1 aromatic heterocycles. The average molecular weight is 303 g/mol. The first-order valence-electron chi connectivity index (χ1n) is 5.65. The van der Waals surface area contributed by atoms with Crippen molar-refractivity contribution in [1.82, 2.24) is 9.88 Å². The van der Waals surface area contributed by atoms with E-state index in [-0.39, 0.29) is 5.91 Å². The van der Waals surface area contributed by atoms with E-state index in [1.807, 2.05) is 0 Å². The summed E-state index contributed by atoms with van der Waals surface area (Å²) in [7, 11) is 0. The molecule has 0 bridgehead atoms. The second-order valence-electron chi connectivity index (χ2n) is 3.70. The molecule has 1 amide bonds. The third kappa shape index (κ3) is 4.42. The van der Waals surface area contributed by atoms with Crippen LogP contribution in [0.15, 0.2) is 18.3 Å². The number of halogens is 2. The summed E-state index contributed by atoms with van der Waals surface area (Å²) in [6.45, 7) is 3.42. The minimum absolute atomic E-state index is 0.141. The zero-order valence-electron chi connectivity index (χ0n) is 9.83. The smallest absolute Gasteiger partial charge is 0.272 e. The highest BCUT2D eigenvalue weighted by atomic mass is 79.9. The van der Waals surface area contributed by atoms with Gasteiger partial charge in [0.2, 0.25) is 0 Å². The molecule has 0 atom stereocenters. The van der Waals surface area contributed by atoms with Gasteiger partial charge in [-0.25, -0.2) is 9.37 Å². The number of carbonyl (C=O) groups is 1. The lowest BCUT2D eigenvalue weighted by Gasteiger charge is -2.20. The largest absolute Gasteiger partial charge is 0.336 e. The van der Waals surface area contributed by atoms with Gasteiger partial charge < -0.3 is 4.90 Å². The summed E-state index contributed by atoms with van der Waals surface area (Å²) < 4.78 is 12.7. The van der Waals surface area contributed by atoms with Crippen molar-refractivity contribution in [3.63, 3.8) is 0 Å². The number of pyridine rings is 1. The Bertz CT molecular complexity index is 356. The van der Waals surface area contributed by atoms with Crippen LogP contribution in [0.25, 0.3) is 0 Å². The minimum Gasteiger partial charge on any atom is -0.336 e. The lowest BCUT2D eigenvalue weighted by atomic mass is 10.2. The maximum Gasteiger partial charge on any atom is 0.272 e. The number of unbranched alkanes of at least 4 members (excludes halogenated alkanes) is 1. The van der Waals surface area contributed by atoms with E-state index in [1.54, 1.807) is 4.90 Å². The molecule has 94 valence electrons. The number of rotatable bonds is 6. The van der Waals surface area contributed by atoms with Gasteiger partial charge in [0.1, 0.15) is 11.5 Å². The molecule has 0 unspecified atom stereocenters. The highest BCUT2D eigenvalue weighted by Crippen LogP contribution is 2.05. The number of amides is 1. The second kappa shape index (κ2) is 7.37. The fraction of sp³-hybridized carbons (Fsp3) is 0.500. The molecule has 0 N–H and O–H groups in total. The Kier molecular flexibility index (Phi) is 6.11. The Balaban J connectivity index is 2.72. The van der Waals surface area contributed by atoms with Crippen molar-refractivity contribution in [2.24, 2.45) is 0 Å². The van der Waals surface area contributed by atoms with Gasteiger partial charge in [0, 0.05) is 18.4 Å². The summed E-state index contributed by atoms with van der Waals surface area (Å²) >= 11 is 3.32. The normalized spacial score (nSPS) is 10.3. The topological polar surface area (TPSA) is 33.2 Å². The van der Waals surface area contributed by atoms with Gasteiger partial charge in [0.05, 0.1) is 6.20 Å². The molecule has 0 aliphatic carbocycles. The molecule has 0 saturated heterocycles. The molecular formula is C12H16BrFN2O. The molecule has 3 nitrogen and oxygen atoms in total. The third-order valence-corrected chi connectivity index (χ3v) is 2.72. The maximum absolute atomic E-state index is 12.7. The summed E-state index contributed by atoms with van der Waals surface area (Å²) in [5.41, 5.74) is 0.295. The quantitative estimate of drug-likeness (QED) is 0.757. The molecule has 0 radical (unpaired) electrons. The average Bonchev–Trinajstić information content (AvgIpc) is 2.34. The SMILES string of the molecule is CCCCN(CCBr)C(=O)c1ccc(F)cn1. The van der Waals surface area contributed by atoms with E-state index in [1.165, 1.54) is 12.1 Å².